The van der Waals surface area contributed by atoms with Crippen molar-refractivity contribution in [3.8, 4) is 0 Å². The van der Waals surface area contributed by atoms with Crippen molar-refractivity contribution in [2.24, 2.45) is 0 Å². The maximum absolute atomic E-state index is 6.45. The van der Waals surface area contributed by atoms with Gasteiger partial charge in [-0.2, -0.15) is 0 Å². The fraction of sp³-hybridized carbons (Fsp3) is 1.00. The predicted molar refractivity (Wildman–Crippen MR) is 98.3 cm³/mol. The standard InChI is InChI=1S/C20H42N2O/c1-4-6-12-21(13-8-9-14-21)18-19-23-20(3)22(15-7-5-2)16-10-11-17-22/h20H,4-19H2,1-3H3/q+2. The van der Waals surface area contributed by atoms with Crippen molar-refractivity contribution in [1.29, 1.82) is 0 Å². The predicted octanol–water partition coefficient (Wildman–Crippen LogP) is 4.17. The Morgan fingerprint density at radius 3 is 1.96 bits per heavy atom. The molecule has 2 saturated heterocycles. The second-order valence-corrected chi connectivity index (χ2v) is 8.22. The van der Waals surface area contributed by atoms with E-state index in [0.717, 1.165) is 6.61 Å². The zero-order valence-electron chi connectivity index (χ0n) is 16.2. The number of unbranched alkanes of at least 4 members (excludes halogenated alkanes) is 2. The van der Waals surface area contributed by atoms with Crippen LogP contribution in [0.1, 0.15) is 72.1 Å². The van der Waals surface area contributed by atoms with E-state index in [0.29, 0.717) is 6.23 Å². The van der Waals surface area contributed by atoms with E-state index in [1.54, 1.807) is 0 Å². The highest BCUT2D eigenvalue weighted by atomic mass is 16.5. The Morgan fingerprint density at radius 1 is 0.783 bits per heavy atom. The van der Waals surface area contributed by atoms with E-state index >= 15 is 0 Å². The summed E-state index contributed by atoms with van der Waals surface area (Å²) in [7, 11) is 0. The Morgan fingerprint density at radius 2 is 1.35 bits per heavy atom. The summed E-state index contributed by atoms with van der Waals surface area (Å²) in [6.07, 6.45) is 11.4. The average molecular weight is 327 g/mol. The van der Waals surface area contributed by atoms with Crippen LogP contribution >= 0.6 is 0 Å². The van der Waals surface area contributed by atoms with Gasteiger partial charge in [0.05, 0.1) is 39.3 Å². The first-order valence-corrected chi connectivity index (χ1v) is 10.5. The second-order valence-electron chi connectivity index (χ2n) is 8.22. The summed E-state index contributed by atoms with van der Waals surface area (Å²) >= 11 is 0. The van der Waals surface area contributed by atoms with Crippen LogP contribution in [-0.2, 0) is 4.74 Å². The van der Waals surface area contributed by atoms with E-state index in [1.165, 1.54) is 106 Å². The lowest BCUT2D eigenvalue weighted by molar-refractivity contribution is -0.962. The number of quaternary nitrogens is 2. The molecule has 2 rings (SSSR count). The molecule has 0 N–H and O–H groups in total. The summed E-state index contributed by atoms with van der Waals surface area (Å²) in [5.74, 6) is 0. The minimum atomic E-state index is 0.401. The number of likely N-dealkylation sites (tertiary alicyclic amines) is 2. The van der Waals surface area contributed by atoms with Gasteiger partial charge in [-0.3, -0.25) is 4.48 Å². The van der Waals surface area contributed by atoms with E-state index in [-0.39, 0.29) is 0 Å². The summed E-state index contributed by atoms with van der Waals surface area (Å²) in [6.45, 7) is 17.4. The SMILES string of the molecule is CCCC[N+]1(CCOC(C)[N+]2(CCCC)CCCC2)CCCC1. The first-order valence-electron chi connectivity index (χ1n) is 10.5. The zero-order valence-corrected chi connectivity index (χ0v) is 16.2. The van der Waals surface area contributed by atoms with E-state index < -0.39 is 0 Å². The highest BCUT2D eigenvalue weighted by molar-refractivity contribution is 4.58. The molecule has 0 amide bonds. The second kappa shape index (κ2) is 9.39. The molecule has 0 spiro atoms. The number of nitrogens with zero attached hydrogens (tertiary/aromatic N) is 2. The van der Waals surface area contributed by atoms with Crippen LogP contribution in [0.25, 0.3) is 0 Å². The maximum Gasteiger partial charge on any atom is 0.190 e. The molecular weight excluding hydrogens is 284 g/mol. The van der Waals surface area contributed by atoms with Crippen LogP contribution in [0.15, 0.2) is 0 Å². The monoisotopic (exact) mass is 326 g/mol. The van der Waals surface area contributed by atoms with Crippen molar-refractivity contribution >= 4 is 0 Å². The van der Waals surface area contributed by atoms with Crippen molar-refractivity contribution in [1.82, 2.24) is 0 Å². The first-order chi connectivity index (χ1) is 11.2. The van der Waals surface area contributed by atoms with Crippen LogP contribution in [0.2, 0.25) is 0 Å². The summed E-state index contributed by atoms with van der Waals surface area (Å²) in [5.41, 5.74) is 0. The van der Waals surface area contributed by atoms with Gasteiger partial charge in [0, 0.05) is 32.6 Å². The van der Waals surface area contributed by atoms with E-state index in [9.17, 15) is 0 Å². The van der Waals surface area contributed by atoms with Crippen molar-refractivity contribution < 1.29 is 13.7 Å². The van der Waals surface area contributed by atoms with E-state index in [2.05, 4.69) is 20.8 Å². The average Bonchev–Trinajstić information content (AvgIpc) is 3.22. The Labute approximate surface area is 145 Å². The Kier molecular flexibility index (Phi) is 7.84. The molecule has 3 heteroatoms. The molecule has 3 nitrogen and oxygen atoms in total. The molecule has 0 radical (unpaired) electrons. The molecule has 0 aliphatic carbocycles. The summed E-state index contributed by atoms with van der Waals surface area (Å²) in [5, 5.41) is 0. The molecule has 23 heavy (non-hydrogen) atoms. The van der Waals surface area contributed by atoms with Gasteiger partial charge >= 0.3 is 0 Å². The summed E-state index contributed by atoms with van der Waals surface area (Å²) in [6, 6.07) is 0. The fourth-order valence-corrected chi connectivity index (χ4v) is 4.84. The lowest BCUT2D eigenvalue weighted by Crippen LogP contribution is -2.55. The number of ether oxygens (including phenoxy) is 1. The van der Waals surface area contributed by atoms with Crippen molar-refractivity contribution in [3.63, 3.8) is 0 Å². The van der Waals surface area contributed by atoms with Gasteiger partial charge in [-0.15, -0.1) is 0 Å². The quantitative estimate of drug-likeness (QED) is 0.518. The third-order valence-electron chi connectivity index (χ3n) is 6.61. The molecule has 0 aromatic carbocycles. The Bertz CT molecular complexity index is 320. The van der Waals surface area contributed by atoms with Crippen molar-refractivity contribution in [2.75, 3.05) is 52.4 Å². The van der Waals surface area contributed by atoms with Gasteiger partial charge < -0.3 is 9.22 Å². The summed E-state index contributed by atoms with van der Waals surface area (Å²) < 4.78 is 9.03. The number of hydrogen-bond donors (Lipinski definition) is 0. The molecule has 0 bridgehead atoms. The van der Waals surface area contributed by atoms with Gasteiger partial charge in [-0.25, -0.2) is 0 Å². The third-order valence-corrected chi connectivity index (χ3v) is 6.61. The fourth-order valence-electron chi connectivity index (χ4n) is 4.84. The molecule has 0 saturated carbocycles. The maximum atomic E-state index is 6.45. The molecule has 2 fully saturated rings. The minimum Gasteiger partial charge on any atom is -0.324 e. The van der Waals surface area contributed by atoms with Crippen LogP contribution in [0.4, 0.5) is 0 Å². The van der Waals surface area contributed by atoms with Crippen LogP contribution in [0.3, 0.4) is 0 Å². The summed E-state index contributed by atoms with van der Waals surface area (Å²) in [4.78, 5) is 0. The van der Waals surface area contributed by atoms with Gasteiger partial charge in [0.25, 0.3) is 0 Å². The van der Waals surface area contributed by atoms with Gasteiger partial charge in [-0.05, 0) is 12.8 Å². The number of rotatable bonds is 11. The molecule has 1 unspecified atom stereocenters. The van der Waals surface area contributed by atoms with Gasteiger partial charge in [0.1, 0.15) is 13.2 Å². The molecule has 2 heterocycles. The Balaban J connectivity index is 1.81. The first kappa shape index (κ1) is 19.2. The molecule has 0 aromatic heterocycles. The largest absolute Gasteiger partial charge is 0.324 e. The normalized spacial score (nSPS) is 24.1. The minimum absolute atomic E-state index is 0.401. The molecule has 0 aromatic rings. The van der Waals surface area contributed by atoms with Crippen LogP contribution in [0, 0.1) is 0 Å². The lowest BCUT2D eigenvalue weighted by atomic mass is 10.2. The molecule has 136 valence electrons. The lowest BCUT2D eigenvalue weighted by Gasteiger charge is -2.40. The van der Waals surface area contributed by atoms with Crippen LogP contribution in [-0.4, -0.2) is 67.6 Å². The smallest absolute Gasteiger partial charge is 0.190 e. The van der Waals surface area contributed by atoms with E-state index in [4.69, 9.17) is 4.74 Å². The third kappa shape index (κ3) is 5.17. The Hall–Kier alpha value is -0.120. The molecule has 1 atom stereocenters. The van der Waals surface area contributed by atoms with Crippen LogP contribution in [0.5, 0.6) is 0 Å². The van der Waals surface area contributed by atoms with Gasteiger partial charge in [-0.1, -0.05) is 26.7 Å². The van der Waals surface area contributed by atoms with Crippen molar-refractivity contribution in [2.45, 2.75) is 78.4 Å². The molecule has 2 aliphatic heterocycles. The van der Waals surface area contributed by atoms with E-state index in [1.807, 2.05) is 0 Å². The van der Waals surface area contributed by atoms with Gasteiger partial charge in [0.15, 0.2) is 6.23 Å². The highest BCUT2D eigenvalue weighted by Gasteiger charge is 2.38. The zero-order chi connectivity index (χ0) is 16.6. The number of hydrogen-bond acceptors (Lipinski definition) is 1. The highest BCUT2D eigenvalue weighted by Crippen LogP contribution is 2.26. The van der Waals surface area contributed by atoms with Crippen molar-refractivity contribution in [3.05, 3.63) is 0 Å². The van der Waals surface area contributed by atoms with Crippen LogP contribution < -0.4 is 0 Å². The molecule has 2 aliphatic rings. The molecular formula is C20H42N2O+2. The van der Waals surface area contributed by atoms with Gasteiger partial charge in [0.2, 0.25) is 0 Å². The topological polar surface area (TPSA) is 9.23 Å².